The summed E-state index contributed by atoms with van der Waals surface area (Å²) in [6.45, 7) is 4.45. The van der Waals surface area contributed by atoms with E-state index < -0.39 is 0 Å². The molecule has 8 nitrogen and oxygen atoms in total. The van der Waals surface area contributed by atoms with Gasteiger partial charge >= 0.3 is 0 Å². The van der Waals surface area contributed by atoms with E-state index >= 15 is 0 Å². The molecule has 3 aliphatic heterocycles. The minimum Gasteiger partial charge on any atom is -0.474 e. The molecule has 8 heteroatoms. The molecule has 0 amide bonds. The Morgan fingerprint density at radius 2 is 2.04 bits per heavy atom. The fraction of sp³-hybridized carbons (Fsp3) is 0.722. The van der Waals surface area contributed by atoms with Gasteiger partial charge in [0.05, 0.1) is 18.0 Å². The maximum absolute atomic E-state index is 9.98. The molecule has 26 heavy (non-hydrogen) atoms. The molecule has 0 aliphatic carbocycles. The molecule has 0 bridgehead atoms. The number of hydrogen-bond donors (Lipinski definition) is 2. The van der Waals surface area contributed by atoms with Gasteiger partial charge in [-0.05, 0) is 51.6 Å². The normalized spacial score (nSPS) is 25.7. The Balaban J connectivity index is 1.42. The van der Waals surface area contributed by atoms with Crippen molar-refractivity contribution in [3.63, 3.8) is 0 Å². The highest BCUT2D eigenvalue weighted by atomic mass is 16.5. The van der Waals surface area contributed by atoms with Crippen molar-refractivity contribution >= 4 is 17.1 Å². The summed E-state index contributed by atoms with van der Waals surface area (Å²) in [6.07, 6.45) is 8.01. The summed E-state index contributed by atoms with van der Waals surface area (Å²) in [5.74, 6) is 1.18. The lowest BCUT2D eigenvalue weighted by atomic mass is 9.95. The summed E-state index contributed by atoms with van der Waals surface area (Å²) in [4.78, 5) is 21.3. The Morgan fingerprint density at radius 1 is 1.19 bits per heavy atom. The highest BCUT2D eigenvalue weighted by Gasteiger charge is 2.45. The number of aliphatic hydroxyl groups excluding tert-OH is 1. The number of hydrogen-bond acceptors (Lipinski definition) is 7. The summed E-state index contributed by atoms with van der Waals surface area (Å²) in [6, 6.07) is 0. The van der Waals surface area contributed by atoms with E-state index in [0.29, 0.717) is 30.6 Å². The zero-order valence-electron chi connectivity index (χ0n) is 15.0. The smallest absolute Gasteiger partial charge is 0.245 e. The lowest BCUT2D eigenvalue weighted by molar-refractivity contribution is 0.111. The minimum atomic E-state index is -0.323. The van der Waals surface area contributed by atoms with Crippen molar-refractivity contribution in [2.24, 2.45) is 0 Å². The third-order valence-corrected chi connectivity index (χ3v) is 6.21. The van der Waals surface area contributed by atoms with Crippen LogP contribution < -0.4 is 9.64 Å². The van der Waals surface area contributed by atoms with Crippen LogP contribution in [0.15, 0.2) is 6.33 Å². The van der Waals surface area contributed by atoms with Crippen molar-refractivity contribution in [2.75, 3.05) is 37.7 Å². The Bertz CT molecular complexity index is 783. The van der Waals surface area contributed by atoms with E-state index in [-0.39, 0.29) is 11.6 Å². The maximum Gasteiger partial charge on any atom is 0.245 e. The zero-order valence-corrected chi connectivity index (χ0v) is 15.0. The average Bonchev–Trinajstić information content (AvgIpc) is 3.34. The summed E-state index contributed by atoms with van der Waals surface area (Å²) in [5.41, 5.74) is 1.56. The first kappa shape index (κ1) is 16.3. The van der Waals surface area contributed by atoms with Crippen LogP contribution in [0.4, 0.5) is 5.95 Å². The number of aliphatic hydroxyl groups is 1. The quantitative estimate of drug-likeness (QED) is 0.852. The predicted molar refractivity (Wildman–Crippen MR) is 97.4 cm³/mol. The maximum atomic E-state index is 9.98. The van der Waals surface area contributed by atoms with Crippen molar-refractivity contribution < 1.29 is 9.84 Å². The Kier molecular flexibility index (Phi) is 3.97. The molecule has 5 heterocycles. The van der Waals surface area contributed by atoms with Crippen molar-refractivity contribution in [3.8, 4) is 5.88 Å². The van der Waals surface area contributed by atoms with Crippen LogP contribution in [0.25, 0.3) is 11.2 Å². The molecule has 140 valence electrons. The fourth-order valence-electron chi connectivity index (χ4n) is 4.84. The van der Waals surface area contributed by atoms with Crippen molar-refractivity contribution in [1.82, 2.24) is 24.8 Å². The fourth-order valence-corrected chi connectivity index (χ4v) is 4.84. The van der Waals surface area contributed by atoms with E-state index in [9.17, 15) is 5.11 Å². The van der Waals surface area contributed by atoms with Crippen LogP contribution in [0.3, 0.4) is 0 Å². The highest BCUT2D eigenvalue weighted by Crippen LogP contribution is 2.39. The van der Waals surface area contributed by atoms with E-state index in [1.54, 1.807) is 6.33 Å². The Hall–Kier alpha value is -1.93. The molecule has 1 atom stereocenters. The molecule has 0 spiro atoms. The lowest BCUT2D eigenvalue weighted by Crippen LogP contribution is -2.43. The molecule has 0 aromatic carbocycles. The van der Waals surface area contributed by atoms with Gasteiger partial charge in [0.25, 0.3) is 0 Å². The molecule has 2 aromatic heterocycles. The van der Waals surface area contributed by atoms with Gasteiger partial charge in [-0.1, -0.05) is 0 Å². The van der Waals surface area contributed by atoms with E-state index in [2.05, 4.69) is 19.9 Å². The molecule has 0 radical (unpaired) electrons. The van der Waals surface area contributed by atoms with Gasteiger partial charge in [-0.3, -0.25) is 4.90 Å². The molecular weight excluding hydrogens is 332 g/mol. The van der Waals surface area contributed by atoms with Gasteiger partial charge in [-0.15, -0.1) is 0 Å². The van der Waals surface area contributed by atoms with Crippen LogP contribution in [0.5, 0.6) is 5.88 Å². The number of H-pyrrole nitrogens is 1. The number of β-amino-alcohol motifs (C(OH)–C–C–N with tert-alkyl or cyclic N) is 1. The summed E-state index contributed by atoms with van der Waals surface area (Å²) in [7, 11) is 0. The van der Waals surface area contributed by atoms with Crippen LogP contribution in [0.2, 0.25) is 0 Å². The molecule has 2 aromatic rings. The minimum absolute atomic E-state index is 0.179. The van der Waals surface area contributed by atoms with Crippen molar-refractivity contribution in [2.45, 2.75) is 50.2 Å². The third kappa shape index (κ3) is 2.72. The number of nitrogens with zero attached hydrogens (tertiary/aromatic N) is 5. The highest BCUT2D eigenvalue weighted by molar-refractivity contribution is 5.77. The van der Waals surface area contributed by atoms with E-state index in [0.717, 1.165) is 24.9 Å². The average molecular weight is 358 g/mol. The monoisotopic (exact) mass is 358 g/mol. The predicted octanol–water partition coefficient (Wildman–Crippen LogP) is 1.32. The SMILES string of the molecule is OC1CCCN(c2nc(OCC34CCCN3CCC4)c3[nH]cnc3n2)C1. The molecule has 5 rings (SSSR count). The number of nitrogens with one attached hydrogen (secondary N) is 1. The Labute approximate surface area is 152 Å². The standard InChI is InChI=1S/C18H26N6O2/c25-13-4-1-7-23(10-13)17-21-15-14(19-12-20-15)16(22-17)26-11-18-5-2-8-24(18)9-3-6-18/h12-13,25H,1-11H2,(H,19,20,21,22). The molecule has 3 aliphatic rings. The van der Waals surface area contributed by atoms with Gasteiger partial charge in [-0.2, -0.15) is 9.97 Å². The van der Waals surface area contributed by atoms with Crippen LogP contribution >= 0.6 is 0 Å². The first-order valence-corrected chi connectivity index (χ1v) is 9.76. The van der Waals surface area contributed by atoms with Crippen LogP contribution in [0, 0.1) is 0 Å². The van der Waals surface area contributed by atoms with Gasteiger partial charge < -0.3 is 19.7 Å². The Morgan fingerprint density at radius 3 is 2.85 bits per heavy atom. The number of aromatic nitrogens is 4. The second-order valence-corrected chi connectivity index (χ2v) is 7.88. The van der Waals surface area contributed by atoms with Gasteiger partial charge in [0, 0.05) is 13.1 Å². The van der Waals surface area contributed by atoms with E-state index in [4.69, 9.17) is 9.72 Å². The van der Waals surface area contributed by atoms with E-state index in [1.807, 2.05) is 4.90 Å². The van der Waals surface area contributed by atoms with Gasteiger partial charge in [0.15, 0.2) is 5.65 Å². The number of fused-ring (bicyclic) bond motifs is 2. The largest absolute Gasteiger partial charge is 0.474 e. The number of rotatable bonds is 4. The number of aromatic amines is 1. The van der Waals surface area contributed by atoms with Crippen molar-refractivity contribution in [3.05, 3.63) is 6.33 Å². The van der Waals surface area contributed by atoms with Gasteiger partial charge in [0.1, 0.15) is 12.1 Å². The first-order chi connectivity index (χ1) is 12.7. The van der Waals surface area contributed by atoms with Gasteiger partial charge in [0.2, 0.25) is 11.8 Å². The molecule has 3 saturated heterocycles. The van der Waals surface area contributed by atoms with Crippen LogP contribution in [0.1, 0.15) is 38.5 Å². The zero-order chi connectivity index (χ0) is 17.6. The van der Waals surface area contributed by atoms with Crippen molar-refractivity contribution in [1.29, 1.82) is 0 Å². The third-order valence-electron chi connectivity index (χ3n) is 6.21. The topological polar surface area (TPSA) is 90.4 Å². The molecule has 2 N–H and O–H groups in total. The number of imidazole rings is 1. The van der Waals surface area contributed by atoms with Crippen LogP contribution in [-0.2, 0) is 0 Å². The second kappa shape index (κ2) is 6.35. The molecular formula is C18H26N6O2. The second-order valence-electron chi connectivity index (χ2n) is 7.88. The van der Waals surface area contributed by atoms with E-state index in [1.165, 1.54) is 38.8 Å². The summed E-state index contributed by atoms with van der Waals surface area (Å²) < 4.78 is 6.27. The molecule has 3 fully saturated rings. The van der Waals surface area contributed by atoms with Gasteiger partial charge in [-0.25, -0.2) is 4.98 Å². The summed E-state index contributed by atoms with van der Waals surface area (Å²) in [5, 5.41) is 9.98. The number of piperidine rings is 1. The summed E-state index contributed by atoms with van der Waals surface area (Å²) >= 11 is 0. The van der Waals surface area contributed by atoms with Crippen LogP contribution in [-0.4, -0.2) is 74.4 Å². The number of anilines is 1. The first-order valence-electron chi connectivity index (χ1n) is 9.76. The lowest BCUT2D eigenvalue weighted by Gasteiger charge is -2.32. The number of ether oxygens (including phenoxy) is 1. The molecule has 0 saturated carbocycles. The molecule has 1 unspecified atom stereocenters.